The predicted molar refractivity (Wildman–Crippen MR) is 72.7 cm³/mol. The molecule has 0 radical (unpaired) electrons. The second kappa shape index (κ2) is 5.71. The van der Waals surface area contributed by atoms with Crippen molar-refractivity contribution in [3.8, 4) is 0 Å². The molecule has 2 amide bonds. The zero-order chi connectivity index (χ0) is 13.0. The highest BCUT2D eigenvalue weighted by atomic mass is 32.1. The number of carbonyl (C=O) groups is 1. The molecule has 2 rings (SSSR count). The number of hydrogen-bond donors (Lipinski definition) is 3. The van der Waals surface area contributed by atoms with E-state index in [0.717, 1.165) is 30.6 Å². The molecule has 0 aliphatic heterocycles. The fourth-order valence-electron chi connectivity index (χ4n) is 2.46. The molecule has 4 nitrogen and oxygen atoms in total. The molecule has 0 aromatic carbocycles. The molecule has 1 heterocycles. The smallest absolute Gasteiger partial charge is 0.315 e. The van der Waals surface area contributed by atoms with Crippen LogP contribution in [0.15, 0.2) is 17.5 Å². The van der Waals surface area contributed by atoms with E-state index < -0.39 is 5.54 Å². The summed E-state index contributed by atoms with van der Waals surface area (Å²) in [6, 6.07) is 3.80. The Bertz CT molecular complexity index is 386. The summed E-state index contributed by atoms with van der Waals surface area (Å²) in [7, 11) is 0. The van der Waals surface area contributed by atoms with Crippen LogP contribution in [-0.4, -0.2) is 23.3 Å². The second-order valence-electron chi connectivity index (χ2n) is 4.98. The predicted octanol–water partition coefficient (Wildman–Crippen LogP) is 2.41. The minimum absolute atomic E-state index is 0.00199. The van der Waals surface area contributed by atoms with E-state index in [-0.39, 0.29) is 18.7 Å². The zero-order valence-corrected chi connectivity index (χ0v) is 11.4. The van der Waals surface area contributed by atoms with Crippen LogP contribution in [0.3, 0.4) is 0 Å². The average Bonchev–Trinajstić information content (AvgIpc) is 2.99. The van der Waals surface area contributed by atoms with Crippen LogP contribution >= 0.6 is 11.3 Å². The Kier molecular flexibility index (Phi) is 4.24. The standard InChI is InChI=1S/C13H20N2O2S/c1-10(11-5-4-8-18-11)14-12(17)15-13(9-16)6-2-3-7-13/h4-5,8,10,16H,2-3,6-7,9H2,1H3,(H2,14,15,17)/t10-/m1/s1. The lowest BCUT2D eigenvalue weighted by Gasteiger charge is -2.28. The Morgan fingerprint density at radius 2 is 2.28 bits per heavy atom. The summed E-state index contributed by atoms with van der Waals surface area (Å²) in [6.45, 7) is 1.99. The molecule has 1 aromatic rings. The minimum Gasteiger partial charge on any atom is -0.394 e. The maximum atomic E-state index is 11.9. The number of amides is 2. The Morgan fingerprint density at radius 1 is 1.56 bits per heavy atom. The van der Waals surface area contributed by atoms with Crippen molar-refractivity contribution in [1.29, 1.82) is 0 Å². The van der Waals surface area contributed by atoms with Crippen molar-refractivity contribution in [3.63, 3.8) is 0 Å². The summed E-state index contributed by atoms with van der Waals surface area (Å²) < 4.78 is 0. The summed E-state index contributed by atoms with van der Waals surface area (Å²) in [4.78, 5) is 13.1. The van der Waals surface area contributed by atoms with Crippen molar-refractivity contribution < 1.29 is 9.90 Å². The molecule has 1 aliphatic rings. The van der Waals surface area contributed by atoms with Gasteiger partial charge in [0.2, 0.25) is 0 Å². The summed E-state index contributed by atoms with van der Waals surface area (Å²) in [5.74, 6) is 0. The SMILES string of the molecule is C[C@@H](NC(=O)NC1(CO)CCCC1)c1cccs1. The molecule has 1 atom stereocenters. The zero-order valence-electron chi connectivity index (χ0n) is 10.6. The summed E-state index contributed by atoms with van der Waals surface area (Å²) in [5, 5.41) is 17.3. The highest BCUT2D eigenvalue weighted by Gasteiger charge is 2.34. The highest BCUT2D eigenvalue weighted by Crippen LogP contribution is 2.29. The van der Waals surface area contributed by atoms with Crippen molar-refractivity contribution in [3.05, 3.63) is 22.4 Å². The first kappa shape index (κ1) is 13.4. The number of aliphatic hydroxyl groups is 1. The maximum Gasteiger partial charge on any atom is 0.315 e. The Morgan fingerprint density at radius 3 is 2.83 bits per heavy atom. The third kappa shape index (κ3) is 3.03. The van der Waals surface area contributed by atoms with E-state index in [0.29, 0.717) is 0 Å². The molecule has 0 bridgehead atoms. The molecule has 0 unspecified atom stereocenters. The van der Waals surface area contributed by atoms with Crippen LogP contribution in [0.1, 0.15) is 43.5 Å². The lowest BCUT2D eigenvalue weighted by molar-refractivity contribution is 0.162. The third-order valence-corrected chi connectivity index (χ3v) is 4.61. The van der Waals surface area contributed by atoms with Crippen LogP contribution in [0, 0.1) is 0 Å². The van der Waals surface area contributed by atoms with E-state index in [1.807, 2.05) is 24.4 Å². The Hall–Kier alpha value is -1.07. The van der Waals surface area contributed by atoms with Crippen LogP contribution in [-0.2, 0) is 0 Å². The van der Waals surface area contributed by atoms with Gasteiger partial charge >= 0.3 is 6.03 Å². The fraction of sp³-hybridized carbons (Fsp3) is 0.615. The van der Waals surface area contributed by atoms with Gasteiger partial charge in [-0.1, -0.05) is 18.9 Å². The molecule has 18 heavy (non-hydrogen) atoms. The van der Waals surface area contributed by atoms with Crippen molar-refractivity contribution >= 4 is 17.4 Å². The van der Waals surface area contributed by atoms with Crippen LogP contribution in [0.25, 0.3) is 0 Å². The van der Waals surface area contributed by atoms with Gasteiger partial charge in [0.05, 0.1) is 18.2 Å². The molecule has 0 saturated heterocycles. The molecule has 100 valence electrons. The van der Waals surface area contributed by atoms with Gasteiger partial charge in [-0.2, -0.15) is 0 Å². The molecular weight excluding hydrogens is 248 g/mol. The van der Waals surface area contributed by atoms with Gasteiger partial charge in [0.15, 0.2) is 0 Å². The van der Waals surface area contributed by atoms with Gasteiger partial charge in [-0.3, -0.25) is 0 Å². The van der Waals surface area contributed by atoms with Gasteiger partial charge in [0.1, 0.15) is 0 Å². The Labute approximate surface area is 111 Å². The van der Waals surface area contributed by atoms with Gasteiger partial charge < -0.3 is 15.7 Å². The first-order valence-electron chi connectivity index (χ1n) is 6.38. The summed E-state index contributed by atoms with van der Waals surface area (Å²) in [5.41, 5.74) is -0.404. The Balaban J connectivity index is 1.88. The maximum absolute atomic E-state index is 11.9. The van der Waals surface area contributed by atoms with Gasteiger partial charge in [0, 0.05) is 4.88 Å². The number of hydrogen-bond acceptors (Lipinski definition) is 3. The van der Waals surface area contributed by atoms with Crippen LogP contribution in [0.2, 0.25) is 0 Å². The van der Waals surface area contributed by atoms with E-state index in [4.69, 9.17) is 0 Å². The normalized spacial score (nSPS) is 19.4. The van der Waals surface area contributed by atoms with Crippen molar-refractivity contribution in [1.82, 2.24) is 10.6 Å². The van der Waals surface area contributed by atoms with Crippen molar-refractivity contribution in [2.45, 2.75) is 44.2 Å². The van der Waals surface area contributed by atoms with E-state index in [1.165, 1.54) is 0 Å². The van der Waals surface area contributed by atoms with Crippen LogP contribution < -0.4 is 10.6 Å². The third-order valence-electron chi connectivity index (χ3n) is 3.56. The molecule has 0 spiro atoms. The van der Waals surface area contributed by atoms with Gasteiger partial charge in [-0.05, 0) is 31.2 Å². The quantitative estimate of drug-likeness (QED) is 0.785. The topological polar surface area (TPSA) is 61.4 Å². The molecule has 1 aromatic heterocycles. The van der Waals surface area contributed by atoms with Crippen molar-refractivity contribution in [2.24, 2.45) is 0 Å². The molecular formula is C13H20N2O2S. The highest BCUT2D eigenvalue weighted by molar-refractivity contribution is 7.10. The van der Waals surface area contributed by atoms with Crippen molar-refractivity contribution in [2.75, 3.05) is 6.61 Å². The van der Waals surface area contributed by atoms with Gasteiger partial charge in [-0.25, -0.2) is 4.79 Å². The van der Waals surface area contributed by atoms with E-state index >= 15 is 0 Å². The molecule has 3 N–H and O–H groups in total. The summed E-state index contributed by atoms with van der Waals surface area (Å²) in [6.07, 6.45) is 3.87. The van der Waals surface area contributed by atoms with E-state index in [9.17, 15) is 9.90 Å². The number of nitrogens with one attached hydrogen (secondary N) is 2. The second-order valence-corrected chi connectivity index (χ2v) is 5.96. The minimum atomic E-state index is -0.404. The first-order valence-corrected chi connectivity index (χ1v) is 7.26. The molecule has 1 aliphatic carbocycles. The van der Waals surface area contributed by atoms with Gasteiger partial charge in [0.25, 0.3) is 0 Å². The molecule has 5 heteroatoms. The molecule has 1 saturated carbocycles. The summed E-state index contributed by atoms with van der Waals surface area (Å²) >= 11 is 1.63. The largest absolute Gasteiger partial charge is 0.394 e. The monoisotopic (exact) mass is 268 g/mol. The molecule has 1 fully saturated rings. The number of carbonyl (C=O) groups excluding carboxylic acids is 1. The number of rotatable bonds is 4. The lowest BCUT2D eigenvalue weighted by atomic mass is 9.99. The lowest BCUT2D eigenvalue weighted by Crippen LogP contribution is -2.53. The van der Waals surface area contributed by atoms with Crippen LogP contribution in [0.5, 0.6) is 0 Å². The van der Waals surface area contributed by atoms with Gasteiger partial charge in [-0.15, -0.1) is 11.3 Å². The number of aliphatic hydroxyl groups excluding tert-OH is 1. The fourth-order valence-corrected chi connectivity index (χ4v) is 3.19. The van der Waals surface area contributed by atoms with Crippen LogP contribution in [0.4, 0.5) is 4.79 Å². The average molecular weight is 268 g/mol. The van der Waals surface area contributed by atoms with E-state index in [2.05, 4.69) is 10.6 Å². The number of urea groups is 1. The number of thiophene rings is 1. The van der Waals surface area contributed by atoms with E-state index in [1.54, 1.807) is 11.3 Å². The first-order chi connectivity index (χ1) is 8.65.